The molecule has 4 unspecified atom stereocenters. The van der Waals surface area contributed by atoms with Gasteiger partial charge in [0.25, 0.3) is 0 Å². The molecule has 0 aliphatic rings. The number of aromatic nitrogens is 14. The molecule has 0 aliphatic heterocycles. The number of halogens is 5. The highest BCUT2D eigenvalue weighted by Crippen LogP contribution is 2.33. The van der Waals surface area contributed by atoms with E-state index < -0.39 is 0 Å². The lowest BCUT2D eigenvalue weighted by Gasteiger charge is -2.18. The summed E-state index contributed by atoms with van der Waals surface area (Å²) in [6.45, 7) is 15.0. The van der Waals surface area contributed by atoms with Crippen molar-refractivity contribution in [2.45, 2.75) is 72.6 Å². The first kappa shape index (κ1) is 64.4. The average Bonchev–Trinajstić information content (AvgIpc) is 1.76. The Bertz CT molecular complexity index is 4580. The van der Waals surface area contributed by atoms with E-state index in [-0.39, 0.29) is 53.2 Å². The lowest BCUT2D eigenvalue weighted by Crippen LogP contribution is -2.11. The molecule has 0 saturated heterocycles. The van der Waals surface area contributed by atoms with Crippen LogP contribution in [0.1, 0.15) is 94.9 Å². The van der Waals surface area contributed by atoms with Crippen LogP contribution >= 0.6 is 22.6 Å². The Kier molecular flexibility index (Phi) is 20.9. The van der Waals surface area contributed by atoms with Gasteiger partial charge in [0.15, 0.2) is 22.6 Å². The van der Waals surface area contributed by atoms with Crippen molar-refractivity contribution >= 4 is 68.5 Å². The SMILES string of the molecule is CC(Nc1ccn2nccc2n1)c1cc(F)ccc1O.CCOc1ccc(F)cc1C(C)Nc1ccn2ncc(-c3cn[nH]c3)c2n1.CCOc1ccc(F)cc1C(C)Nc1ccn2ncc(I)c2n1.CCOc1ccc(F)cc1C(C)Nc1ccn2nccc2n1. The predicted molar refractivity (Wildman–Crippen MR) is 351 cm³/mol. The molecule has 0 spiro atoms. The van der Waals surface area contributed by atoms with Crippen LogP contribution in [-0.2, 0) is 0 Å². The van der Waals surface area contributed by atoms with Crippen molar-refractivity contribution in [2.24, 2.45) is 0 Å². The van der Waals surface area contributed by atoms with Gasteiger partial charge in [-0.25, -0.2) is 55.6 Å². The van der Waals surface area contributed by atoms with Gasteiger partial charge in [-0.15, -0.1) is 0 Å². The summed E-state index contributed by atoms with van der Waals surface area (Å²) in [5.41, 5.74) is 7.49. The molecule has 13 aromatic rings. The highest BCUT2D eigenvalue weighted by atomic mass is 127. The largest absolute Gasteiger partial charge is 0.508 e. The minimum absolute atomic E-state index is 0.0526. The van der Waals surface area contributed by atoms with E-state index in [4.69, 9.17) is 14.2 Å². The van der Waals surface area contributed by atoms with Crippen LogP contribution in [0.15, 0.2) is 171 Å². The first-order valence-electron chi connectivity index (χ1n) is 29.3. The number of nitrogens with zero attached hydrogens (tertiary/aromatic N) is 13. The number of fused-ring (bicyclic) bond motifs is 4. The third kappa shape index (κ3) is 15.9. The van der Waals surface area contributed by atoms with E-state index in [1.165, 1.54) is 54.6 Å². The fourth-order valence-corrected chi connectivity index (χ4v) is 10.3. The maximum absolute atomic E-state index is 13.7. The Hall–Kier alpha value is -10.6. The molecular weight excluding hydrogens is 1300 g/mol. The molecule has 474 valence electrons. The standard InChI is InChI=1S/C19H19FN6O.C16H16FIN4O.C16H17FN4O.C14H13FN4O/c1-3-27-17-5-4-14(20)8-15(17)12(2)24-18-6-7-26-19(25-18)16(11-23-26)13-9-21-22-10-13;1-3-23-14-5-4-11(17)8-12(14)10(2)20-15-6-7-22-16(21-15)13(18)9-19-22;1-3-22-14-5-4-12(17)10-13(14)11(2)19-15-7-9-21-16(20-15)6-8-18-21;1-9(11-8-10(15)2-3-12(11)20)17-13-5-7-19-14(18-13)4-6-16-19/h4-12H,3H2,1-2H3,(H,21,22)(H,24,25);4-10H,3H2,1-2H3,(H,20,21);4-11H,3H2,1-2H3,(H,19,20);2-9,20H,1H3,(H,17,18). The highest BCUT2D eigenvalue weighted by Gasteiger charge is 2.19. The second kappa shape index (κ2) is 29.8. The van der Waals surface area contributed by atoms with E-state index >= 15 is 0 Å². The molecule has 4 aromatic carbocycles. The van der Waals surface area contributed by atoms with Gasteiger partial charge in [-0.1, -0.05) is 0 Å². The minimum Gasteiger partial charge on any atom is -0.508 e. The summed E-state index contributed by atoms with van der Waals surface area (Å²) in [6.07, 6.45) is 17.7. The monoisotopic (exact) mass is 1360 g/mol. The van der Waals surface area contributed by atoms with Crippen molar-refractivity contribution in [3.05, 3.63) is 220 Å². The summed E-state index contributed by atoms with van der Waals surface area (Å²) < 4.78 is 78.6. The summed E-state index contributed by atoms with van der Waals surface area (Å²) in [7, 11) is 0. The van der Waals surface area contributed by atoms with Crippen molar-refractivity contribution in [3.8, 4) is 34.1 Å². The van der Waals surface area contributed by atoms with E-state index in [1.807, 2.05) is 91.3 Å². The Morgan fingerprint density at radius 2 is 0.859 bits per heavy atom. The molecule has 0 saturated carbocycles. The predicted octanol–water partition coefficient (Wildman–Crippen LogP) is 14.1. The van der Waals surface area contributed by atoms with Crippen LogP contribution in [0.5, 0.6) is 23.0 Å². The molecule has 0 bridgehead atoms. The molecule has 92 heavy (non-hydrogen) atoms. The number of anilines is 4. The van der Waals surface area contributed by atoms with E-state index in [9.17, 15) is 22.7 Å². The quantitative estimate of drug-likeness (QED) is 0.0325. The topological polar surface area (TPSA) is 245 Å². The maximum Gasteiger partial charge on any atom is 0.170 e. The maximum atomic E-state index is 13.7. The molecule has 0 radical (unpaired) electrons. The van der Waals surface area contributed by atoms with Gasteiger partial charge in [0.2, 0.25) is 0 Å². The number of H-pyrrole nitrogens is 1. The summed E-state index contributed by atoms with van der Waals surface area (Å²) in [4.78, 5) is 18.0. The van der Waals surface area contributed by atoms with Crippen LogP contribution in [0, 0.1) is 26.8 Å². The number of ether oxygens (including phenoxy) is 3. The second-order valence-electron chi connectivity index (χ2n) is 20.6. The van der Waals surface area contributed by atoms with Crippen molar-refractivity contribution < 1.29 is 36.9 Å². The van der Waals surface area contributed by atoms with Crippen LogP contribution in [0.25, 0.3) is 33.7 Å². The molecule has 9 heterocycles. The highest BCUT2D eigenvalue weighted by molar-refractivity contribution is 14.1. The number of aromatic hydroxyl groups is 1. The molecular formula is C65H65F4IN18O4. The molecule has 9 aromatic heterocycles. The Labute approximate surface area is 539 Å². The summed E-state index contributed by atoms with van der Waals surface area (Å²) in [5.74, 6) is 3.50. The Morgan fingerprint density at radius 1 is 0.467 bits per heavy atom. The first-order chi connectivity index (χ1) is 44.5. The number of phenols is 1. The van der Waals surface area contributed by atoms with E-state index in [0.717, 1.165) is 42.7 Å². The number of nitrogens with one attached hydrogen (secondary N) is 5. The molecule has 13 rings (SSSR count). The summed E-state index contributed by atoms with van der Waals surface area (Å²) in [6, 6.07) is 27.6. The van der Waals surface area contributed by atoms with Crippen molar-refractivity contribution in [3.63, 3.8) is 0 Å². The number of hydrogen-bond donors (Lipinski definition) is 6. The molecule has 0 amide bonds. The zero-order chi connectivity index (χ0) is 64.8. The zero-order valence-electron chi connectivity index (χ0n) is 51.0. The fraction of sp³-hybridized carbons (Fsp3) is 0.215. The van der Waals surface area contributed by atoms with Crippen LogP contribution in [-0.4, -0.2) is 93.5 Å². The normalized spacial score (nSPS) is 12.3. The van der Waals surface area contributed by atoms with Crippen LogP contribution < -0.4 is 35.5 Å². The summed E-state index contributed by atoms with van der Waals surface area (Å²) in [5, 5.41) is 46.2. The number of rotatable bonds is 19. The third-order valence-electron chi connectivity index (χ3n) is 14.1. The van der Waals surface area contributed by atoms with Gasteiger partial charge >= 0.3 is 0 Å². The minimum atomic E-state index is -0.384. The number of phenolic OH excluding ortho intramolecular Hbond substituents is 1. The van der Waals surface area contributed by atoms with Gasteiger partial charge in [-0.3, -0.25) is 5.10 Å². The Morgan fingerprint density at radius 3 is 1.30 bits per heavy atom. The number of hydrogen-bond acceptors (Lipinski definition) is 17. The van der Waals surface area contributed by atoms with E-state index in [0.29, 0.717) is 77.2 Å². The number of benzene rings is 4. The van der Waals surface area contributed by atoms with Gasteiger partial charge < -0.3 is 40.6 Å². The van der Waals surface area contributed by atoms with Crippen LogP contribution in [0.4, 0.5) is 40.8 Å². The Balaban J connectivity index is 0.000000135. The van der Waals surface area contributed by atoms with Crippen molar-refractivity contribution in [1.82, 2.24) is 68.6 Å². The van der Waals surface area contributed by atoms with Gasteiger partial charge in [-0.05, 0) is 168 Å². The van der Waals surface area contributed by atoms with E-state index in [2.05, 4.69) is 94.4 Å². The van der Waals surface area contributed by atoms with Crippen molar-refractivity contribution in [2.75, 3.05) is 41.1 Å². The lowest BCUT2D eigenvalue weighted by atomic mass is 10.1. The first-order valence-corrected chi connectivity index (χ1v) is 30.4. The molecule has 6 N–H and O–H groups in total. The van der Waals surface area contributed by atoms with Crippen LogP contribution in [0.3, 0.4) is 0 Å². The molecule has 0 aliphatic carbocycles. The summed E-state index contributed by atoms with van der Waals surface area (Å²) >= 11 is 2.19. The van der Waals surface area contributed by atoms with E-state index in [1.54, 1.807) is 91.8 Å². The molecule has 4 atom stereocenters. The second-order valence-corrected chi connectivity index (χ2v) is 21.8. The molecule has 0 fully saturated rings. The van der Waals surface area contributed by atoms with Gasteiger partial charge in [0, 0.05) is 76.5 Å². The smallest absolute Gasteiger partial charge is 0.170 e. The number of aromatic amines is 1. The van der Waals surface area contributed by atoms with Gasteiger partial charge in [0.05, 0.1) is 78.5 Å². The third-order valence-corrected chi connectivity index (χ3v) is 14.9. The lowest BCUT2D eigenvalue weighted by molar-refractivity contribution is 0.334. The fourth-order valence-electron chi connectivity index (χ4n) is 9.76. The van der Waals surface area contributed by atoms with Crippen LogP contribution in [0.2, 0.25) is 0 Å². The van der Waals surface area contributed by atoms with Crippen molar-refractivity contribution in [1.29, 1.82) is 0 Å². The average molecular weight is 1370 g/mol. The zero-order valence-corrected chi connectivity index (χ0v) is 53.1. The molecule has 22 nitrogen and oxygen atoms in total. The van der Waals surface area contributed by atoms with Gasteiger partial charge in [-0.2, -0.15) is 25.5 Å². The van der Waals surface area contributed by atoms with Gasteiger partial charge in [0.1, 0.15) is 69.5 Å². The molecule has 27 heteroatoms.